The number of carbonyl (C=O) groups is 1. The Bertz CT molecular complexity index is 489. The van der Waals surface area contributed by atoms with Crippen LogP contribution >= 0.6 is 11.6 Å². The first-order valence-corrected chi connectivity index (χ1v) is 6.97. The van der Waals surface area contributed by atoms with Crippen LogP contribution in [-0.2, 0) is 0 Å². The molecule has 0 saturated carbocycles. The third kappa shape index (κ3) is 5.09. The lowest BCUT2D eigenvalue weighted by atomic mass is 10.2. The fourth-order valence-corrected chi connectivity index (χ4v) is 1.86. The predicted molar refractivity (Wildman–Crippen MR) is 80.0 cm³/mol. The molecule has 0 saturated heterocycles. The number of nitrogens with two attached hydrogens (primary N) is 1. The van der Waals surface area contributed by atoms with Gasteiger partial charge in [0.05, 0.1) is 19.2 Å². The van der Waals surface area contributed by atoms with Crippen LogP contribution in [-0.4, -0.2) is 25.5 Å². The molecule has 6 heteroatoms. The molecule has 0 aromatic heterocycles. The van der Waals surface area contributed by atoms with E-state index >= 15 is 0 Å². The Hall–Kier alpha value is -1.75. The highest BCUT2D eigenvalue weighted by atomic mass is 35.5. The number of methoxy groups -OCH3 is 1. The number of amides is 1. The summed E-state index contributed by atoms with van der Waals surface area (Å²) in [6.07, 6.45) is 3.26. The number of rotatable bonds is 6. The first kappa shape index (κ1) is 16.3. The van der Waals surface area contributed by atoms with Gasteiger partial charge in [-0.1, -0.05) is 31.4 Å². The second-order valence-corrected chi connectivity index (χ2v) is 4.78. The Morgan fingerprint density at radius 2 is 2.20 bits per heavy atom. The minimum atomic E-state index is -0.357. The zero-order valence-corrected chi connectivity index (χ0v) is 12.6. The van der Waals surface area contributed by atoms with Gasteiger partial charge in [0.1, 0.15) is 5.75 Å². The summed E-state index contributed by atoms with van der Waals surface area (Å²) in [5.74, 6) is 0.323. The molecule has 110 valence electrons. The molecule has 0 aliphatic rings. The molecule has 4 N–H and O–H groups in total. The van der Waals surface area contributed by atoms with E-state index in [1.165, 1.54) is 7.11 Å². The van der Waals surface area contributed by atoms with Gasteiger partial charge >= 0.3 is 11.9 Å². The van der Waals surface area contributed by atoms with E-state index in [2.05, 4.69) is 17.2 Å². The number of ether oxygens (including phenoxy) is 1. The number of carbonyl (C=O) groups excluding carboxylic acids is 1. The number of hydrogen-bond donors (Lipinski definition) is 3. The van der Waals surface area contributed by atoms with Crippen molar-refractivity contribution in [3.63, 3.8) is 0 Å². The van der Waals surface area contributed by atoms with Gasteiger partial charge in [-0.2, -0.15) is 0 Å². The van der Waals surface area contributed by atoms with Crippen molar-refractivity contribution in [2.75, 3.05) is 13.7 Å². The van der Waals surface area contributed by atoms with Gasteiger partial charge in [0.2, 0.25) is 0 Å². The standard InChI is InChI=1S/C14H20ClN3O2/c1-3-4-5-8-17-14(16)18-13(19)11-9-10(15)6-7-12(11)20-2/h6-7,9H,3-5,8H2,1-2H3,(H3,16,17,18,19)/p+1. The summed E-state index contributed by atoms with van der Waals surface area (Å²) in [5.41, 5.74) is 6.07. The highest BCUT2D eigenvalue weighted by Crippen LogP contribution is 2.22. The summed E-state index contributed by atoms with van der Waals surface area (Å²) < 4.78 is 5.13. The highest BCUT2D eigenvalue weighted by molar-refractivity contribution is 6.31. The average molecular weight is 299 g/mol. The van der Waals surface area contributed by atoms with Gasteiger partial charge in [0.25, 0.3) is 0 Å². The predicted octanol–water partition coefficient (Wildman–Crippen LogP) is 0.664. The molecule has 1 aromatic carbocycles. The molecule has 0 spiro atoms. The Balaban J connectivity index is 2.68. The third-order valence-corrected chi connectivity index (χ3v) is 2.99. The first-order valence-electron chi connectivity index (χ1n) is 6.59. The van der Waals surface area contributed by atoms with E-state index in [0.717, 1.165) is 25.8 Å². The molecule has 0 unspecified atom stereocenters. The average Bonchev–Trinajstić information content (AvgIpc) is 2.43. The van der Waals surface area contributed by atoms with Crippen molar-refractivity contribution in [1.82, 2.24) is 5.32 Å². The maximum absolute atomic E-state index is 12.1. The zero-order valence-electron chi connectivity index (χ0n) is 11.8. The summed E-state index contributed by atoms with van der Waals surface area (Å²) in [5, 5.41) is 3.04. The van der Waals surface area contributed by atoms with Crippen LogP contribution in [0, 0.1) is 0 Å². The lowest BCUT2D eigenvalue weighted by Crippen LogP contribution is -2.79. The molecule has 0 radical (unpaired) electrons. The number of unbranched alkanes of at least 4 members (excludes halogenated alkanes) is 2. The zero-order chi connectivity index (χ0) is 15.0. The topological polar surface area (TPSA) is 78.3 Å². The number of benzene rings is 1. The summed E-state index contributed by atoms with van der Waals surface area (Å²) >= 11 is 5.88. The molecule has 1 rings (SSSR count). The molecular weight excluding hydrogens is 278 g/mol. The van der Waals surface area contributed by atoms with E-state index in [0.29, 0.717) is 16.3 Å². The molecule has 0 aliphatic carbocycles. The van der Waals surface area contributed by atoms with Gasteiger partial charge in [-0.15, -0.1) is 0 Å². The second kappa shape index (κ2) is 8.43. The minimum Gasteiger partial charge on any atom is -0.496 e. The normalized spacial score (nSPS) is 11.2. The molecule has 0 fully saturated rings. The Kier molecular flexibility index (Phi) is 6.87. The minimum absolute atomic E-state index is 0.230. The van der Waals surface area contributed by atoms with Gasteiger partial charge in [0, 0.05) is 5.02 Å². The first-order chi connectivity index (χ1) is 9.58. The van der Waals surface area contributed by atoms with Crippen molar-refractivity contribution in [3.8, 4) is 5.75 Å². The van der Waals surface area contributed by atoms with Gasteiger partial charge in [0.15, 0.2) is 0 Å². The smallest absolute Gasteiger partial charge is 0.348 e. The quantitative estimate of drug-likeness (QED) is 0.410. The van der Waals surface area contributed by atoms with Crippen LogP contribution in [0.5, 0.6) is 5.75 Å². The van der Waals surface area contributed by atoms with Crippen molar-refractivity contribution < 1.29 is 14.5 Å². The van der Waals surface area contributed by atoms with Gasteiger partial charge in [-0.05, 0) is 24.6 Å². The third-order valence-electron chi connectivity index (χ3n) is 2.75. The number of hydrogen-bond acceptors (Lipinski definition) is 2. The summed E-state index contributed by atoms with van der Waals surface area (Å²) in [4.78, 5) is 15.0. The second-order valence-electron chi connectivity index (χ2n) is 4.35. The number of nitrogens with one attached hydrogen (secondary N) is 2. The molecule has 20 heavy (non-hydrogen) atoms. The largest absolute Gasteiger partial charge is 0.496 e. The fourth-order valence-electron chi connectivity index (χ4n) is 1.69. The maximum atomic E-state index is 12.1. The lowest BCUT2D eigenvalue weighted by Gasteiger charge is -2.06. The van der Waals surface area contributed by atoms with Crippen LogP contribution in [0.15, 0.2) is 18.2 Å². The number of guanidine groups is 1. The Labute approximate surface area is 124 Å². The van der Waals surface area contributed by atoms with Crippen LogP contribution in [0.1, 0.15) is 36.5 Å². The van der Waals surface area contributed by atoms with Gasteiger partial charge in [-0.25, -0.2) is 5.32 Å². The van der Waals surface area contributed by atoms with Crippen molar-refractivity contribution in [2.45, 2.75) is 26.2 Å². The monoisotopic (exact) mass is 298 g/mol. The van der Waals surface area contributed by atoms with Crippen molar-refractivity contribution >= 4 is 23.5 Å². The van der Waals surface area contributed by atoms with Crippen LogP contribution in [0.4, 0.5) is 0 Å². The van der Waals surface area contributed by atoms with E-state index in [-0.39, 0.29) is 11.9 Å². The van der Waals surface area contributed by atoms with Crippen LogP contribution in [0.3, 0.4) is 0 Å². The highest BCUT2D eigenvalue weighted by Gasteiger charge is 2.17. The molecular formula is C14H21ClN3O2+. The lowest BCUT2D eigenvalue weighted by molar-refractivity contribution is -0.460. The maximum Gasteiger partial charge on any atom is 0.348 e. The van der Waals surface area contributed by atoms with Crippen molar-refractivity contribution in [1.29, 1.82) is 0 Å². The van der Waals surface area contributed by atoms with Gasteiger partial charge < -0.3 is 4.74 Å². The van der Waals surface area contributed by atoms with E-state index in [1.54, 1.807) is 18.2 Å². The van der Waals surface area contributed by atoms with Crippen LogP contribution in [0.25, 0.3) is 0 Å². The molecule has 5 nitrogen and oxygen atoms in total. The molecule has 1 amide bonds. The Morgan fingerprint density at radius 3 is 2.85 bits per heavy atom. The molecule has 0 aliphatic heterocycles. The molecule has 0 atom stereocenters. The van der Waals surface area contributed by atoms with E-state index in [9.17, 15) is 4.79 Å². The van der Waals surface area contributed by atoms with E-state index < -0.39 is 0 Å². The van der Waals surface area contributed by atoms with Crippen molar-refractivity contribution in [3.05, 3.63) is 28.8 Å². The number of halogens is 1. The SMILES string of the molecule is CCCCC[NH+]=C(N)NC(=O)c1cc(Cl)ccc1OC. The molecule has 1 aromatic rings. The van der Waals surface area contributed by atoms with Crippen LogP contribution in [0.2, 0.25) is 5.02 Å². The summed E-state index contributed by atoms with van der Waals surface area (Å²) in [6.45, 7) is 2.85. The summed E-state index contributed by atoms with van der Waals surface area (Å²) in [6, 6.07) is 4.84. The van der Waals surface area contributed by atoms with Gasteiger partial charge in [-0.3, -0.25) is 15.5 Å². The Morgan fingerprint density at radius 1 is 1.45 bits per heavy atom. The van der Waals surface area contributed by atoms with Crippen LogP contribution < -0.4 is 20.8 Å². The van der Waals surface area contributed by atoms with E-state index in [4.69, 9.17) is 22.1 Å². The molecule has 0 bridgehead atoms. The van der Waals surface area contributed by atoms with E-state index in [1.807, 2.05) is 0 Å². The van der Waals surface area contributed by atoms with Crippen molar-refractivity contribution in [2.24, 2.45) is 5.73 Å². The fraction of sp³-hybridized carbons (Fsp3) is 0.429. The molecule has 0 heterocycles. The summed E-state index contributed by atoms with van der Waals surface area (Å²) in [7, 11) is 1.50.